The van der Waals surface area contributed by atoms with Crippen LogP contribution in [0.3, 0.4) is 0 Å². The summed E-state index contributed by atoms with van der Waals surface area (Å²) >= 11 is 0. The summed E-state index contributed by atoms with van der Waals surface area (Å²) in [5, 5.41) is 3.42. The smallest absolute Gasteiger partial charge is 0.0570 e. The predicted molar refractivity (Wildman–Crippen MR) is 76.1 cm³/mol. The van der Waals surface area contributed by atoms with Crippen LogP contribution in [0.15, 0.2) is 60.8 Å². The van der Waals surface area contributed by atoms with Crippen LogP contribution in [0, 0.1) is 0 Å². The lowest BCUT2D eigenvalue weighted by Crippen LogP contribution is -2.19. The van der Waals surface area contributed by atoms with E-state index in [1.165, 1.54) is 5.56 Å². The van der Waals surface area contributed by atoms with Gasteiger partial charge in [-0.05, 0) is 24.6 Å². The summed E-state index contributed by atoms with van der Waals surface area (Å²) in [7, 11) is 0. The van der Waals surface area contributed by atoms with E-state index in [1.54, 1.807) is 0 Å². The Labute approximate surface area is 108 Å². The molecule has 92 valence electrons. The molecule has 18 heavy (non-hydrogen) atoms. The zero-order valence-corrected chi connectivity index (χ0v) is 10.6. The number of nitrogens with one attached hydrogen (secondary N) is 1. The lowest BCUT2D eigenvalue weighted by Gasteiger charge is -2.10. The van der Waals surface area contributed by atoms with Gasteiger partial charge >= 0.3 is 0 Å². The van der Waals surface area contributed by atoms with Gasteiger partial charge in [0, 0.05) is 18.8 Å². The van der Waals surface area contributed by atoms with E-state index in [0.29, 0.717) is 0 Å². The number of nitrogens with zero attached hydrogens (tertiary/aromatic N) is 1. The Balaban J connectivity index is 1.81. The maximum Gasteiger partial charge on any atom is 0.0570 e. The van der Waals surface area contributed by atoms with E-state index in [1.807, 2.05) is 42.6 Å². The summed E-state index contributed by atoms with van der Waals surface area (Å²) in [5.74, 6) is 0. The van der Waals surface area contributed by atoms with Crippen molar-refractivity contribution in [2.24, 2.45) is 0 Å². The molecule has 1 aromatic carbocycles. The fraction of sp³-hybridized carbons (Fsp3) is 0.188. The fourth-order valence-electron chi connectivity index (χ4n) is 1.74. The van der Waals surface area contributed by atoms with Gasteiger partial charge in [-0.25, -0.2) is 0 Å². The number of hydrogen-bond donors (Lipinski definition) is 1. The largest absolute Gasteiger partial charge is 0.305 e. The second-order valence-electron chi connectivity index (χ2n) is 4.20. The molecule has 2 rings (SSSR count). The van der Waals surface area contributed by atoms with Crippen molar-refractivity contribution in [3.63, 3.8) is 0 Å². The van der Waals surface area contributed by atoms with Crippen LogP contribution in [0.5, 0.6) is 0 Å². The Morgan fingerprint density at radius 2 is 1.89 bits per heavy atom. The molecule has 1 aromatic heterocycles. The molecule has 2 aromatic rings. The number of aromatic nitrogens is 1. The molecule has 1 atom stereocenters. The van der Waals surface area contributed by atoms with Crippen LogP contribution in [-0.4, -0.2) is 11.5 Å². The highest BCUT2D eigenvalue weighted by Gasteiger charge is 2.02. The van der Waals surface area contributed by atoms with Crippen LogP contribution in [0.1, 0.15) is 24.2 Å². The lowest BCUT2D eigenvalue weighted by atomic mass is 10.2. The Morgan fingerprint density at radius 3 is 2.61 bits per heavy atom. The molecule has 0 amide bonds. The van der Waals surface area contributed by atoms with Gasteiger partial charge in [-0.2, -0.15) is 0 Å². The van der Waals surface area contributed by atoms with E-state index in [4.69, 9.17) is 0 Å². The van der Waals surface area contributed by atoms with Gasteiger partial charge < -0.3 is 5.32 Å². The standard InChI is InChI=1S/C16H18N2/c1-14(16-11-5-6-12-18-16)17-13-7-10-15-8-3-2-4-9-15/h2-12,14,17H,13H2,1H3/b10-7+/t14-/m1/s1. The van der Waals surface area contributed by atoms with Crippen LogP contribution in [0.25, 0.3) is 6.08 Å². The number of hydrogen-bond acceptors (Lipinski definition) is 2. The first-order valence-electron chi connectivity index (χ1n) is 6.22. The third kappa shape index (κ3) is 3.82. The monoisotopic (exact) mass is 238 g/mol. The predicted octanol–water partition coefficient (Wildman–Crippen LogP) is 3.45. The van der Waals surface area contributed by atoms with Crippen LogP contribution in [0.2, 0.25) is 0 Å². The first-order valence-corrected chi connectivity index (χ1v) is 6.22. The molecule has 2 nitrogen and oxygen atoms in total. The maximum atomic E-state index is 4.33. The van der Waals surface area contributed by atoms with Crippen molar-refractivity contribution in [1.82, 2.24) is 10.3 Å². The zero-order valence-electron chi connectivity index (χ0n) is 10.6. The van der Waals surface area contributed by atoms with Crippen molar-refractivity contribution in [2.75, 3.05) is 6.54 Å². The van der Waals surface area contributed by atoms with E-state index >= 15 is 0 Å². The first kappa shape index (κ1) is 12.5. The highest BCUT2D eigenvalue weighted by molar-refractivity contribution is 5.48. The minimum absolute atomic E-state index is 0.270. The number of rotatable bonds is 5. The van der Waals surface area contributed by atoms with Gasteiger partial charge in [0.05, 0.1) is 5.69 Å². The second-order valence-corrected chi connectivity index (χ2v) is 4.20. The summed E-state index contributed by atoms with van der Waals surface area (Å²) < 4.78 is 0. The number of pyridine rings is 1. The van der Waals surface area contributed by atoms with Crippen LogP contribution >= 0.6 is 0 Å². The van der Waals surface area contributed by atoms with Gasteiger partial charge in [0.1, 0.15) is 0 Å². The average Bonchev–Trinajstić information content (AvgIpc) is 2.45. The first-order chi connectivity index (χ1) is 8.86. The van der Waals surface area contributed by atoms with Crippen molar-refractivity contribution in [1.29, 1.82) is 0 Å². The fourth-order valence-corrected chi connectivity index (χ4v) is 1.74. The molecule has 1 N–H and O–H groups in total. The van der Waals surface area contributed by atoms with Gasteiger partial charge in [0.2, 0.25) is 0 Å². The molecule has 0 unspecified atom stereocenters. The molecule has 0 saturated carbocycles. The summed E-state index contributed by atoms with van der Waals surface area (Å²) in [6, 6.07) is 16.6. The normalized spacial score (nSPS) is 12.7. The molecule has 1 heterocycles. The van der Waals surface area contributed by atoms with Crippen LogP contribution in [0.4, 0.5) is 0 Å². The SMILES string of the molecule is C[C@@H](NC/C=C/c1ccccc1)c1ccccn1. The summed E-state index contributed by atoms with van der Waals surface area (Å²) in [4.78, 5) is 4.33. The Bertz CT molecular complexity index is 477. The van der Waals surface area contributed by atoms with Crippen molar-refractivity contribution in [3.05, 3.63) is 72.1 Å². The van der Waals surface area contributed by atoms with Crippen molar-refractivity contribution >= 4 is 6.08 Å². The van der Waals surface area contributed by atoms with E-state index in [0.717, 1.165) is 12.2 Å². The topological polar surface area (TPSA) is 24.9 Å². The van der Waals surface area contributed by atoms with Gasteiger partial charge in [-0.15, -0.1) is 0 Å². The molecule has 0 aliphatic heterocycles. The average molecular weight is 238 g/mol. The molecule has 0 spiro atoms. The summed E-state index contributed by atoms with van der Waals surface area (Å²) in [5.41, 5.74) is 2.30. The highest BCUT2D eigenvalue weighted by Crippen LogP contribution is 2.07. The second kappa shape index (κ2) is 6.72. The van der Waals surface area contributed by atoms with E-state index in [2.05, 4.69) is 41.5 Å². The zero-order chi connectivity index (χ0) is 12.6. The molecular weight excluding hydrogens is 220 g/mol. The van der Waals surface area contributed by atoms with E-state index in [9.17, 15) is 0 Å². The van der Waals surface area contributed by atoms with Crippen molar-refractivity contribution in [3.8, 4) is 0 Å². The van der Waals surface area contributed by atoms with Crippen molar-refractivity contribution in [2.45, 2.75) is 13.0 Å². The minimum atomic E-state index is 0.270. The molecular formula is C16H18N2. The van der Waals surface area contributed by atoms with Gasteiger partial charge in [-0.3, -0.25) is 4.98 Å². The molecule has 0 aliphatic rings. The molecule has 0 fully saturated rings. The third-order valence-corrected chi connectivity index (χ3v) is 2.78. The maximum absolute atomic E-state index is 4.33. The van der Waals surface area contributed by atoms with Crippen molar-refractivity contribution < 1.29 is 0 Å². The Hall–Kier alpha value is -1.93. The summed E-state index contributed by atoms with van der Waals surface area (Å²) in [6.07, 6.45) is 6.08. The minimum Gasteiger partial charge on any atom is -0.305 e. The Morgan fingerprint density at radius 1 is 1.11 bits per heavy atom. The van der Waals surface area contributed by atoms with Gasteiger partial charge in [0.15, 0.2) is 0 Å². The summed E-state index contributed by atoms with van der Waals surface area (Å²) in [6.45, 7) is 2.96. The molecule has 2 heteroatoms. The molecule has 0 saturated heterocycles. The highest BCUT2D eigenvalue weighted by atomic mass is 14.9. The third-order valence-electron chi connectivity index (χ3n) is 2.78. The lowest BCUT2D eigenvalue weighted by molar-refractivity contribution is 0.601. The van der Waals surface area contributed by atoms with E-state index in [-0.39, 0.29) is 6.04 Å². The molecule has 0 aliphatic carbocycles. The van der Waals surface area contributed by atoms with Crippen LogP contribution in [-0.2, 0) is 0 Å². The van der Waals surface area contributed by atoms with Crippen LogP contribution < -0.4 is 5.32 Å². The Kier molecular flexibility index (Phi) is 4.68. The molecule has 0 radical (unpaired) electrons. The molecule has 0 bridgehead atoms. The van der Waals surface area contributed by atoms with Gasteiger partial charge in [0.25, 0.3) is 0 Å². The number of benzene rings is 1. The van der Waals surface area contributed by atoms with E-state index < -0.39 is 0 Å². The quantitative estimate of drug-likeness (QED) is 0.863. The van der Waals surface area contributed by atoms with Gasteiger partial charge in [-0.1, -0.05) is 48.6 Å².